The van der Waals surface area contributed by atoms with Crippen LogP contribution >= 0.6 is 0 Å². The number of aromatic nitrogens is 1. The molecule has 2 heterocycles. The fourth-order valence-corrected chi connectivity index (χ4v) is 2.73. The first kappa shape index (κ1) is 11.3. The number of amides is 1. The largest absolute Gasteiger partial charge is 0.358 e. The maximum atomic E-state index is 11.7. The summed E-state index contributed by atoms with van der Waals surface area (Å²) in [6.45, 7) is 2.26. The van der Waals surface area contributed by atoms with Crippen LogP contribution in [0.5, 0.6) is 0 Å². The highest BCUT2D eigenvalue weighted by atomic mass is 16.1. The summed E-state index contributed by atoms with van der Waals surface area (Å²) in [5.74, 6) is 0.0455. The van der Waals surface area contributed by atoms with Crippen LogP contribution in [0.2, 0.25) is 0 Å². The molecule has 3 rings (SSSR count). The molecule has 1 aromatic heterocycles. The number of hydrogen-bond acceptors (Lipinski definition) is 2. The van der Waals surface area contributed by atoms with Gasteiger partial charge in [0.2, 0.25) is 5.91 Å². The zero-order chi connectivity index (χ0) is 12.5. The Labute approximate surface area is 106 Å². The summed E-state index contributed by atoms with van der Waals surface area (Å²) in [6, 6.07) is 8.34. The number of carbonyl (C=O) groups is 1. The zero-order valence-corrected chi connectivity index (χ0v) is 10.5. The Hall–Kier alpha value is -1.81. The predicted molar refractivity (Wildman–Crippen MR) is 71.4 cm³/mol. The van der Waals surface area contributed by atoms with Gasteiger partial charge >= 0.3 is 0 Å². The smallest absolute Gasteiger partial charge is 0.239 e. The number of hydrogen-bond donors (Lipinski definition) is 2. The molecular formula is C14H17N3O. The standard InChI is InChI=1S/C14H17N3O/c1-15-14(18)9-17-12-5-3-2-4-10(12)11-6-7-16-8-13(11)17/h2-5,16H,6-9H2,1H3,(H,15,18). The minimum Gasteiger partial charge on any atom is -0.358 e. The van der Waals surface area contributed by atoms with E-state index in [1.807, 2.05) is 6.07 Å². The van der Waals surface area contributed by atoms with E-state index in [1.165, 1.54) is 16.6 Å². The number of nitrogens with zero attached hydrogens (tertiary/aromatic N) is 1. The van der Waals surface area contributed by atoms with Gasteiger partial charge in [0.05, 0.1) is 0 Å². The summed E-state index contributed by atoms with van der Waals surface area (Å²) >= 11 is 0. The van der Waals surface area contributed by atoms with Crippen molar-refractivity contribution < 1.29 is 4.79 Å². The fourth-order valence-electron chi connectivity index (χ4n) is 2.73. The second kappa shape index (κ2) is 4.46. The molecule has 1 aliphatic heterocycles. The van der Waals surface area contributed by atoms with E-state index in [0.717, 1.165) is 25.0 Å². The van der Waals surface area contributed by atoms with Gasteiger partial charge in [0, 0.05) is 30.2 Å². The highest BCUT2D eigenvalue weighted by Crippen LogP contribution is 2.28. The number of rotatable bonds is 2. The average Bonchev–Trinajstić information content (AvgIpc) is 2.74. The molecule has 2 N–H and O–H groups in total. The predicted octanol–water partition coefficient (Wildman–Crippen LogP) is 1.03. The lowest BCUT2D eigenvalue weighted by molar-refractivity contribution is -0.121. The van der Waals surface area contributed by atoms with Gasteiger partial charge in [-0.2, -0.15) is 0 Å². The third kappa shape index (κ3) is 1.69. The summed E-state index contributed by atoms with van der Waals surface area (Å²) in [4.78, 5) is 11.7. The second-order valence-electron chi connectivity index (χ2n) is 4.63. The summed E-state index contributed by atoms with van der Waals surface area (Å²) in [6.07, 6.45) is 1.04. The number of nitrogens with one attached hydrogen (secondary N) is 2. The topological polar surface area (TPSA) is 46.1 Å². The number of likely N-dealkylation sites (N-methyl/N-ethyl adjacent to an activating group) is 1. The molecule has 0 bridgehead atoms. The minimum atomic E-state index is 0.0455. The maximum Gasteiger partial charge on any atom is 0.239 e. The lowest BCUT2D eigenvalue weighted by Gasteiger charge is -2.16. The first-order valence-corrected chi connectivity index (χ1v) is 6.31. The molecule has 4 heteroatoms. The van der Waals surface area contributed by atoms with E-state index in [2.05, 4.69) is 33.4 Å². The molecule has 0 aliphatic carbocycles. The van der Waals surface area contributed by atoms with E-state index in [0.29, 0.717) is 6.54 Å². The maximum absolute atomic E-state index is 11.7. The highest BCUT2D eigenvalue weighted by molar-refractivity contribution is 5.87. The SMILES string of the molecule is CNC(=O)Cn1c2c(c3ccccc31)CCNC2. The molecule has 1 aliphatic rings. The number of carbonyl (C=O) groups excluding carboxylic acids is 1. The van der Waals surface area contributed by atoms with Gasteiger partial charge in [-0.1, -0.05) is 18.2 Å². The quantitative estimate of drug-likeness (QED) is 0.827. The Morgan fingerprint density at radius 1 is 1.44 bits per heavy atom. The fraction of sp³-hybridized carbons (Fsp3) is 0.357. The van der Waals surface area contributed by atoms with Crippen molar-refractivity contribution in [2.24, 2.45) is 0 Å². The van der Waals surface area contributed by atoms with Crippen LogP contribution in [0, 0.1) is 0 Å². The van der Waals surface area contributed by atoms with E-state index in [1.54, 1.807) is 7.05 Å². The molecule has 0 saturated carbocycles. The van der Waals surface area contributed by atoms with Gasteiger partial charge in [0.25, 0.3) is 0 Å². The monoisotopic (exact) mass is 243 g/mol. The Balaban J connectivity index is 2.19. The Morgan fingerprint density at radius 2 is 2.28 bits per heavy atom. The van der Waals surface area contributed by atoms with E-state index in [4.69, 9.17) is 0 Å². The van der Waals surface area contributed by atoms with Crippen molar-refractivity contribution in [2.75, 3.05) is 13.6 Å². The average molecular weight is 243 g/mol. The molecule has 0 radical (unpaired) electrons. The van der Waals surface area contributed by atoms with Gasteiger partial charge in [-0.3, -0.25) is 4.79 Å². The van der Waals surface area contributed by atoms with Gasteiger partial charge in [-0.25, -0.2) is 0 Å². The van der Waals surface area contributed by atoms with Crippen LogP contribution in [-0.2, 0) is 24.3 Å². The Bertz CT molecular complexity index is 600. The van der Waals surface area contributed by atoms with Crippen molar-refractivity contribution in [3.8, 4) is 0 Å². The number of fused-ring (bicyclic) bond motifs is 3. The molecule has 94 valence electrons. The summed E-state index contributed by atoms with van der Waals surface area (Å²) in [5, 5.41) is 7.37. The number of benzene rings is 1. The second-order valence-corrected chi connectivity index (χ2v) is 4.63. The van der Waals surface area contributed by atoms with Gasteiger partial charge in [0.15, 0.2) is 0 Å². The van der Waals surface area contributed by atoms with Gasteiger partial charge in [0.1, 0.15) is 6.54 Å². The van der Waals surface area contributed by atoms with Crippen molar-refractivity contribution in [1.82, 2.24) is 15.2 Å². The van der Waals surface area contributed by atoms with Crippen molar-refractivity contribution in [3.63, 3.8) is 0 Å². The van der Waals surface area contributed by atoms with Crippen LogP contribution in [-0.4, -0.2) is 24.1 Å². The van der Waals surface area contributed by atoms with Crippen molar-refractivity contribution in [3.05, 3.63) is 35.5 Å². The van der Waals surface area contributed by atoms with E-state index >= 15 is 0 Å². The molecule has 0 spiro atoms. The molecule has 0 unspecified atom stereocenters. The van der Waals surface area contributed by atoms with Crippen LogP contribution in [0.1, 0.15) is 11.3 Å². The summed E-state index contributed by atoms with van der Waals surface area (Å²) in [5.41, 5.74) is 3.81. The van der Waals surface area contributed by atoms with Gasteiger partial charge in [-0.05, 0) is 24.6 Å². The lowest BCUT2D eigenvalue weighted by atomic mass is 10.1. The molecule has 2 aromatic rings. The van der Waals surface area contributed by atoms with Crippen LogP contribution in [0.15, 0.2) is 24.3 Å². The van der Waals surface area contributed by atoms with Crippen LogP contribution in [0.3, 0.4) is 0 Å². The van der Waals surface area contributed by atoms with Crippen LogP contribution < -0.4 is 10.6 Å². The van der Waals surface area contributed by atoms with Crippen LogP contribution in [0.25, 0.3) is 10.9 Å². The third-order valence-corrected chi connectivity index (χ3v) is 3.62. The highest BCUT2D eigenvalue weighted by Gasteiger charge is 2.20. The molecule has 4 nitrogen and oxygen atoms in total. The van der Waals surface area contributed by atoms with E-state index < -0.39 is 0 Å². The molecule has 0 saturated heterocycles. The van der Waals surface area contributed by atoms with E-state index in [9.17, 15) is 4.79 Å². The summed E-state index contributed by atoms with van der Waals surface area (Å²) in [7, 11) is 1.68. The first-order chi connectivity index (χ1) is 8.81. The molecule has 0 fully saturated rings. The third-order valence-electron chi connectivity index (χ3n) is 3.62. The molecular weight excluding hydrogens is 226 g/mol. The van der Waals surface area contributed by atoms with Crippen molar-refractivity contribution >= 4 is 16.8 Å². The number of para-hydroxylation sites is 1. The normalized spacial score (nSPS) is 14.5. The zero-order valence-electron chi connectivity index (χ0n) is 10.5. The minimum absolute atomic E-state index is 0.0455. The van der Waals surface area contributed by atoms with Crippen molar-refractivity contribution in [2.45, 2.75) is 19.5 Å². The molecule has 0 atom stereocenters. The Kier molecular flexibility index (Phi) is 2.80. The Morgan fingerprint density at radius 3 is 3.11 bits per heavy atom. The first-order valence-electron chi connectivity index (χ1n) is 6.31. The molecule has 18 heavy (non-hydrogen) atoms. The van der Waals surface area contributed by atoms with E-state index in [-0.39, 0.29) is 5.91 Å². The van der Waals surface area contributed by atoms with Gasteiger partial charge < -0.3 is 15.2 Å². The molecule has 1 amide bonds. The summed E-state index contributed by atoms with van der Waals surface area (Å²) < 4.78 is 2.13. The van der Waals surface area contributed by atoms with Crippen molar-refractivity contribution in [1.29, 1.82) is 0 Å². The van der Waals surface area contributed by atoms with Gasteiger partial charge in [-0.15, -0.1) is 0 Å². The lowest BCUT2D eigenvalue weighted by Crippen LogP contribution is -2.28. The molecule has 1 aromatic carbocycles. The van der Waals surface area contributed by atoms with Crippen LogP contribution in [0.4, 0.5) is 0 Å².